The Kier molecular flexibility index (Phi) is 2.61. The van der Waals surface area contributed by atoms with Crippen molar-refractivity contribution < 1.29 is 18.4 Å². The summed E-state index contributed by atoms with van der Waals surface area (Å²) in [4.78, 5) is 24.8. The van der Waals surface area contributed by atoms with Gasteiger partial charge in [0.25, 0.3) is 11.7 Å². The molecule has 6 heteroatoms. The molecule has 2 aliphatic rings. The Balaban J connectivity index is 2.01. The predicted molar refractivity (Wildman–Crippen MR) is 64.9 cm³/mol. The monoisotopic (exact) mass is 276 g/mol. The maximum Gasteiger partial charge on any atom is 0.299 e. The number of fused-ring (bicyclic) bond motifs is 1. The summed E-state index contributed by atoms with van der Waals surface area (Å²) >= 11 is 0. The number of carbonyl (C=O) groups excluding carboxylic acids is 2. The molecule has 102 valence electrons. The Morgan fingerprint density at radius 3 is 2.60 bits per heavy atom. The molecule has 0 radical (unpaired) electrons. The highest BCUT2D eigenvalue weighted by Crippen LogP contribution is 2.50. The van der Waals surface area contributed by atoms with Gasteiger partial charge in [-0.15, -0.1) is 0 Å². The van der Waals surface area contributed by atoms with Gasteiger partial charge < -0.3 is 4.90 Å². The molecule has 3 rings (SSSR count). The minimum atomic E-state index is -0.924. The first-order valence-corrected chi connectivity index (χ1v) is 6.20. The van der Waals surface area contributed by atoms with Gasteiger partial charge in [0.1, 0.15) is 5.82 Å². The topological polar surface area (TPSA) is 61.2 Å². The molecule has 0 aromatic heterocycles. The van der Waals surface area contributed by atoms with Gasteiger partial charge in [-0.1, -0.05) is 0 Å². The molecule has 1 saturated carbocycles. The fourth-order valence-electron chi connectivity index (χ4n) is 2.57. The van der Waals surface area contributed by atoms with Crippen molar-refractivity contribution in [3.05, 3.63) is 29.3 Å². The summed E-state index contributed by atoms with van der Waals surface area (Å²) in [5.41, 5.74) is -0.751. The molecule has 1 heterocycles. The molecule has 0 bridgehead atoms. The first-order valence-electron chi connectivity index (χ1n) is 6.20. The summed E-state index contributed by atoms with van der Waals surface area (Å²) in [5.74, 6) is -3.56. The minimum Gasteiger partial charge on any atom is -0.301 e. The van der Waals surface area contributed by atoms with Crippen molar-refractivity contribution in [3.63, 3.8) is 0 Å². The van der Waals surface area contributed by atoms with Crippen molar-refractivity contribution >= 4 is 17.4 Å². The van der Waals surface area contributed by atoms with Gasteiger partial charge in [0, 0.05) is 24.4 Å². The van der Waals surface area contributed by atoms with E-state index in [1.165, 1.54) is 0 Å². The van der Waals surface area contributed by atoms with Gasteiger partial charge in [0.2, 0.25) is 0 Å². The Morgan fingerprint density at radius 2 is 2.00 bits per heavy atom. The molecular formula is C14H10F2N2O2. The normalized spacial score (nSPS) is 18.9. The molecule has 0 N–H and O–H groups in total. The third kappa shape index (κ3) is 1.78. The number of Topliss-reactive ketones (excluding diaryl/α,β-unsaturated/α-hetero) is 1. The van der Waals surface area contributed by atoms with E-state index in [-0.39, 0.29) is 29.6 Å². The van der Waals surface area contributed by atoms with Gasteiger partial charge >= 0.3 is 0 Å². The van der Waals surface area contributed by atoms with Crippen molar-refractivity contribution in [2.75, 3.05) is 11.4 Å². The van der Waals surface area contributed by atoms with Crippen LogP contribution in [0.1, 0.15) is 29.6 Å². The van der Waals surface area contributed by atoms with Crippen molar-refractivity contribution in [2.24, 2.45) is 5.41 Å². The second kappa shape index (κ2) is 4.10. The smallest absolute Gasteiger partial charge is 0.299 e. The van der Waals surface area contributed by atoms with Crippen LogP contribution >= 0.6 is 0 Å². The highest BCUT2D eigenvalue weighted by Gasteiger charge is 2.49. The molecule has 0 spiro atoms. The number of ketones is 1. The van der Waals surface area contributed by atoms with Crippen LogP contribution in [-0.2, 0) is 4.79 Å². The minimum absolute atomic E-state index is 0.126. The molecule has 1 aromatic carbocycles. The summed E-state index contributed by atoms with van der Waals surface area (Å²) in [6, 6.07) is 3.57. The average molecular weight is 276 g/mol. The maximum absolute atomic E-state index is 13.9. The largest absolute Gasteiger partial charge is 0.301 e. The van der Waals surface area contributed by atoms with Crippen LogP contribution in [0.5, 0.6) is 0 Å². The van der Waals surface area contributed by atoms with Crippen LogP contribution in [0.2, 0.25) is 0 Å². The van der Waals surface area contributed by atoms with E-state index in [0.29, 0.717) is 6.07 Å². The number of nitrogens with zero attached hydrogens (tertiary/aromatic N) is 2. The maximum atomic E-state index is 13.9. The van der Waals surface area contributed by atoms with E-state index in [0.717, 1.165) is 23.8 Å². The Hall–Kier alpha value is -2.29. The Bertz CT molecular complexity index is 674. The van der Waals surface area contributed by atoms with Gasteiger partial charge in [-0.3, -0.25) is 9.59 Å². The third-order valence-corrected chi connectivity index (χ3v) is 3.89. The van der Waals surface area contributed by atoms with Crippen LogP contribution in [0.3, 0.4) is 0 Å². The van der Waals surface area contributed by atoms with E-state index < -0.39 is 23.3 Å². The van der Waals surface area contributed by atoms with Crippen molar-refractivity contribution in [3.8, 4) is 6.07 Å². The summed E-state index contributed by atoms with van der Waals surface area (Å²) < 4.78 is 27.0. The second-order valence-corrected chi connectivity index (χ2v) is 5.34. The molecule has 20 heavy (non-hydrogen) atoms. The summed E-state index contributed by atoms with van der Waals surface area (Å²) in [5, 5.41) is 8.78. The molecule has 1 aliphatic carbocycles. The number of hydrogen-bond donors (Lipinski definition) is 0. The fraction of sp³-hybridized carbons (Fsp3) is 0.357. The molecule has 0 atom stereocenters. The van der Waals surface area contributed by atoms with E-state index in [9.17, 15) is 18.4 Å². The summed E-state index contributed by atoms with van der Waals surface area (Å²) in [6.07, 6.45) is 1.77. The van der Waals surface area contributed by atoms with E-state index in [4.69, 9.17) is 5.26 Å². The van der Waals surface area contributed by atoms with E-state index in [1.54, 1.807) is 0 Å². The number of nitriles is 1. The lowest BCUT2D eigenvalue weighted by molar-refractivity contribution is -0.114. The SMILES string of the molecule is N#CCC1(CN2C(=O)C(=O)c3cc(F)cc(F)c32)CC1. The van der Waals surface area contributed by atoms with Crippen LogP contribution in [-0.4, -0.2) is 18.2 Å². The van der Waals surface area contributed by atoms with Crippen molar-refractivity contribution in [1.82, 2.24) is 0 Å². The molecule has 1 fully saturated rings. The number of hydrogen-bond acceptors (Lipinski definition) is 3. The lowest BCUT2D eigenvalue weighted by Crippen LogP contribution is -2.35. The third-order valence-electron chi connectivity index (χ3n) is 3.89. The second-order valence-electron chi connectivity index (χ2n) is 5.34. The first kappa shape index (κ1) is 12.7. The van der Waals surface area contributed by atoms with Gasteiger partial charge in [-0.25, -0.2) is 8.78 Å². The standard InChI is InChI=1S/C14H10F2N2O2/c15-8-5-9-11(10(16)6-8)18(13(20)12(9)19)7-14(1-2-14)3-4-17/h5-6H,1-3,7H2. The quantitative estimate of drug-likeness (QED) is 0.795. The molecule has 1 amide bonds. The van der Waals surface area contributed by atoms with Gasteiger partial charge in [-0.2, -0.15) is 5.26 Å². The molecular weight excluding hydrogens is 266 g/mol. The van der Waals surface area contributed by atoms with Crippen LogP contribution in [0, 0.1) is 28.4 Å². The number of carbonyl (C=O) groups is 2. The van der Waals surface area contributed by atoms with Crippen LogP contribution in [0.4, 0.5) is 14.5 Å². The van der Waals surface area contributed by atoms with Crippen LogP contribution in [0.25, 0.3) is 0 Å². The average Bonchev–Trinajstić information content (AvgIpc) is 3.10. The zero-order valence-corrected chi connectivity index (χ0v) is 10.4. The number of halogens is 2. The molecule has 4 nitrogen and oxygen atoms in total. The zero-order chi connectivity index (χ0) is 14.5. The Morgan fingerprint density at radius 1 is 1.30 bits per heavy atom. The Labute approximate surface area is 113 Å². The lowest BCUT2D eigenvalue weighted by atomic mass is 10.0. The predicted octanol–water partition coefficient (Wildman–Crippen LogP) is 2.19. The zero-order valence-electron chi connectivity index (χ0n) is 10.4. The van der Waals surface area contributed by atoms with Crippen LogP contribution < -0.4 is 4.90 Å². The molecule has 0 saturated heterocycles. The van der Waals surface area contributed by atoms with Crippen molar-refractivity contribution in [2.45, 2.75) is 19.3 Å². The van der Waals surface area contributed by atoms with E-state index in [1.807, 2.05) is 6.07 Å². The first-order chi connectivity index (χ1) is 9.47. The van der Waals surface area contributed by atoms with Crippen molar-refractivity contribution in [1.29, 1.82) is 5.26 Å². The number of anilines is 1. The van der Waals surface area contributed by atoms with E-state index >= 15 is 0 Å². The highest BCUT2D eigenvalue weighted by molar-refractivity contribution is 6.52. The van der Waals surface area contributed by atoms with Crippen LogP contribution in [0.15, 0.2) is 12.1 Å². The molecule has 0 unspecified atom stereocenters. The molecule has 1 aromatic rings. The number of rotatable bonds is 3. The summed E-state index contributed by atoms with van der Waals surface area (Å²) in [7, 11) is 0. The lowest BCUT2D eigenvalue weighted by Gasteiger charge is -2.22. The molecule has 1 aliphatic heterocycles. The van der Waals surface area contributed by atoms with Gasteiger partial charge in [0.15, 0.2) is 5.82 Å². The fourth-order valence-corrected chi connectivity index (χ4v) is 2.57. The highest BCUT2D eigenvalue weighted by atomic mass is 19.1. The summed E-state index contributed by atoms with van der Waals surface area (Å²) in [6.45, 7) is 0.126. The van der Waals surface area contributed by atoms with Gasteiger partial charge in [-0.05, 0) is 18.9 Å². The van der Waals surface area contributed by atoms with Gasteiger partial charge in [0.05, 0.1) is 17.3 Å². The number of benzene rings is 1. The van der Waals surface area contributed by atoms with E-state index in [2.05, 4.69) is 0 Å². The number of amides is 1.